The van der Waals surface area contributed by atoms with Crippen molar-refractivity contribution in [2.45, 2.75) is 40.7 Å². The molecule has 0 aromatic heterocycles. The van der Waals surface area contributed by atoms with E-state index in [2.05, 4.69) is 0 Å². The smallest absolute Gasteiger partial charge is 0.161 e. The molecule has 1 rings (SSSR count). The summed E-state index contributed by atoms with van der Waals surface area (Å²) in [4.78, 5) is 0. The Morgan fingerprint density at radius 3 is 2.29 bits per heavy atom. The zero-order valence-electron chi connectivity index (χ0n) is 9.66. The Balaban J connectivity index is 0.000000791. The first-order valence-corrected chi connectivity index (χ1v) is 5.06. The molecule has 0 atom stereocenters. The molecule has 0 aliphatic carbocycles. The van der Waals surface area contributed by atoms with Gasteiger partial charge in [-0.05, 0) is 38.5 Å². The molecular formula is C12H20O2. The number of aromatic hydroxyl groups is 1. The summed E-state index contributed by atoms with van der Waals surface area (Å²) in [6.07, 6.45) is 0.0951. The summed E-state index contributed by atoms with van der Waals surface area (Å²) >= 11 is 0. The van der Waals surface area contributed by atoms with Crippen LogP contribution >= 0.6 is 0 Å². The SMILES string of the molecule is CC.Cc1ccc(O)c(OC(C)C)c1. The maximum Gasteiger partial charge on any atom is 0.161 e. The molecule has 0 aliphatic rings. The number of rotatable bonds is 2. The van der Waals surface area contributed by atoms with Gasteiger partial charge < -0.3 is 9.84 Å². The van der Waals surface area contributed by atoms with E-state index in [9.17, 15) is 5.11 Å². The highest BCUT2D eigenvalue weighted by molar-refractivity contribution is 5.41. The van der Waals surface area contributed by atoms with Gasteiger partial charge in [0.05, 0.1) is 6.10 Å². The van der Waals surface area contributed by atoms with Crippen molar-refractivity contribution >= 4 is 0 Å². The van der Waals surface area contributed by atoms with Gasteiger partial charge in [-0.2, -0.15) is 0 Å². The first kappa shape index (κ1) is 12.8. The average molecular weight is 196 g/mol. The highest BCUT2D eigenvalue weighted by atomic mass is 16.5. The van der Waals surface area contributed by atoms with Crippen LogP contribution in [-0.2, 0) is 0 Å². The van der Waals surface area contributed by atoms with Gasteiger partial charge in [0.15, 0.2) is 11.5 Å². The minimum absolute atomic E-state index is 0.0951. The van der Waals surface area contributed by atoms with E-state index in [4.69, 9.17) is 4.74 Å². The van der Waals surface area contributed by atoms with E-state index in [1.807, 2.05) is 46.8 Å². The molecule has 0 heterocycles. The summed E-state index contributed by atoms with van der Waals surface area (Å²) in [6, 6.07) is 5.32. The predicted molar refractivity (Wildman–Crippen MR) is 60.0 cm³/mol. The molecule has 0 unspecified atom stereocenters. The molecule has 1 N–H and O–H groups in total. The van der Waals surface area contributed by atoms with E-state index in [1.165, 1.54) is 0 Å². The molecule has 0 saturated heterocycles. The van der Waals surface area contributed by atoms with E-state index < -0.39 is 0 Å². The van der Waals surface area contributed by atoms with E-state index >= 15 is 0 Å². The third-order valence-electron chi connectivity index (χ3n) is 1.48. The molecule has 14 heavy (non-hydrogen) atoms. The molecule has 0 fully saturated rings. The van der Waals surface area contributed by atoms with E-state index in [0.29, 0.717) is 5.75 Å². The van der Waals surface area contributed by atoms with E-state index in [-0.39, 0.29) is 11.9 Å². The minimum Gasteiger partial charge on any atom is -0.504 e. The summed E-state index contributed by atoms with van der Waals surface area (Å²) < 4.78 is 5.38. The maximum absolute atomic E-state index is 9.36. The first-order chi connectivity index (χ1) is 6.59. The lowest BCUT2D eigenvalue weighted by Gasteiger charge is -2.11. The van der Waals surface area contributed by atoms with Gasteiger partial charge in [-0.3, -0.25) is 0 Å². The first-order valence-electron chi connectivity index (χ1n) is 5.06. The third kappa shape index (κ3) is 4.17. The van der Waals surface area contributed by atoms with Crippen LogP contribution < -0.4 is 4.74 Å². The van der Waals surface area contributed by atoms with Crippen LogP contribution in [0.15, 0.2) is 18.2 Å². The topological polar surface area (TPSA) is 29.5 Å². The van der Waals surface area contributed by atoms with Crippen molar-refractivity contribution in [3.8, 4) is 11.5 Å². The van der Waals surface area contributed by atoms with Gasteiger partial charge in [0.2, 0.25) is 0 Å². The average Bonchev–Trinajstić information content (AvgIpc) is 2.14. The lowest BCUT2D eigenvalue weighted by molar-refractivity contribution is 0.231. The normalized spacial score (nSPS) is 9.29. The van der Waals surface area contributed by atoms with Crippen LogP contribution in [0, 0.1) is 6.92 Å². The number of hydrogen-bond donors (Lipinski definition) is 1. The molecule has 0 radical (unpaired) electrons. The van der Waals surface area contributed by atoms with Gasteiger partial charge in [0.1, 0.15) is 0 Å². The zero-order valence-corrected chi connectivity index (χ0v) is 9.66. The summed E-state index contributed by atoms with van der Waals surface area (Å²) in [5.41, 5.74) is 1.09. The van der Waals surface area contributed by atoms with Crippen molar-refractivity contribution in [1.82, 2.24) is 0 Å². The Labute approximate surface area is 86.5 Å². The third-order valence-corrected chi connectivity index (χ3v) is 1.48. The molecule has 0 saturated carbocycles. The van der Waals surface area contributed by atoms with Crippen LogP contribution in [0.5, 0.6) is 11.5 Å². The predicted octanol–water partition coefficient (Wildman–Crippen LogP) is 3.51. The number of phenolic OH excluding ortho intramolecular Hbond substituents is 1. The number of aryl methyl sites for hydroxylation is 1. The van der Waals surface area contributed by atoms with Crippen molar-refractivity contribution in [3.05, 3.63) is 23.8 Å². The number of hydrogen-bond acceptors (Lipinski definition) is 2. The van der Waals surface area contributed by atoms with Crippen molar-refractivity contribution in [3.63, 3.8) is 0 Å². The second-order valence-corrected chi connectivity index (χ2v) is 3.14. The van der Waals surface area contributed by atoms with Crippen molar-refractivity contribution in [1.29, 1.82) is 0 Å². The van der Waals surface area contributed by atoms with Gasteiger partial charge in [-0.15, -0.1) is 0 Å². The molecule has 1 aromatic rings. The van der Waals surface area contributed by atoms with Crippen LogP contribution in [0.4, 0.5) is 0 Å². The van der Waals surface area contributed by atoms with Crippen molar-refractivity contribution in [2.24, 2.45) is 0 Å². The summed E-state index contributed by atoms with van der Waals surface area (Å²) in [7, 11) is 0. The molecule has 1 aromatic carbocycles. The van der Waals surface area contributed by atoms with Crippen LogP contribution in [0.2, 0.25) is 0 Å². The number of phenols is 1. The Kier molecular flexibility index (Phi) is 5.77. The number of ether oxygens (including phenoxy) is 1. The standard InChI is InChI=1S/C10H14O2.C2H6/c1-7(2)12-10-6-8(3)4-5-9(10)11;1-2/h4-7,11H,1-3H3;1-2H3. The van der Waals surface area contributed by atoms with E-state index in [1.54, 1.807) is 6.07 Å². The van der Waals surface area contributed by atoms with Crippen molar-refractivity contribution in [2.75, 3.05) is 0 Å². The Morgan fingerprint density at radius 1 is 1.21 bits per heavy atom. The monoisotopic (exact) mass is 196 g/mol. The van der Waals surface area contributed by atoms with Gasteiger partial charge in [0, 0.05) is 0 Å². The number of benzene rings is 1. The summed E-state index contributed by atoms with van der Waals surface area (Å²) in [5, 5.41) is 9.36. The highest BCUT2D eigenvalue weighted by Gasteiger charge is 2.03. The lowest BCUT2D eigenvalue weighted by Crippen LogP contribution is -2.05. The second kappa shape index (κ2) is 6.30. The molecule has 2 nitrogen and oxygen atoms in total. The molecule has 2 heteroatoms. The van der Waals surface area contributed by atoms with Crippen LogP contribution in [0.25, 0.3) is 0 Å². The van der Waals surface area contributed by atoms with Crippen LogP contribution in [0.1, 0.15) is 33.3 Å². The fourth-order valence-corrected chi connectivity index (χ4v) is 0.970. The van der Waals surface area contributed by atoms with Gasteiger partial charge in [-0.1, -0.05) is 19.9 Å². The molecular weight excluding hydrogens is 176 g/mol. The van der Waals surface area contributed by atoms with Crippen molar-refractivity contribution < 1.29 is 9.84 Å². The maximum atomic E-state index is 9.36. The van der Waals surface area contributed by atoms with Gasteiger partial charge in [0.25, 0.3) is 0 Å². The molecule has 0 bridgehead atoms. The zero-order chi connectivity index (χ0) is 11.1. The quantitative estimate of drug-likeness (QED) is 0.784. The summed E-state index contributed by atoms with van der Waals surface area (Å²) in [6.45, 7) is 9.83. The van der Waals surface area contributed by atoms with Gasteiger partial charge in [-0.25, -0.2) is 0 Å². The molecule has 0 aliphatic heterocycles. The van der Waals surface area contributed by atoms with E-state index in [0.717, 1.165) is 5.56 Å². The summed E-state index contributed by atoms with van der Waals surface area (Å²) in [5.74, 6) is 0.763. The fourth-order valence-electron chi connectivity index (χ4n) is 0.970. The van der Waals surface area contributed by atoms with Crippen LogP contribution in [-0.4, -0.2) is 11.2 Å². The van der Waals surface area contributed by atoms with Gasteiger partial charge >= 0.3 is 0 Å². The largest absolute Gasteiger partial charge is 0.504 e. The Morgan fingerprint density at radius 2 is 1.79 bits per heavy atom. The fraction of sp³-hybridized carbons (Fsp3) is 0.500. The molecule has 0 amide bonds. The second-order valence-electron chi connectivity index (χ2n) is 3.14. The molecule has 0 spiro atoms. The highest BCUT2D eigenvalue weighted by Crippen LogP contribution is 2.27. The minimum atomic E-state index is 0.0951. The van der Waals surface area contributed by atoms with Crippen LogP contribution in [0.3, 0.4) is 0 Å². The molecule has 80 valence electrons. The Hall–Kier alpha value is -1.18. The Bertz CT molecular complexity index is 267. The lowest BCUT2D eigenvalue weighted by atomic mass is 10.2.